The van der Waals surface area contributed by atoms with Crippen molar-refractivity contribution in [3.8, 4) is 11.3 Å². The summed E-state index contributed by atoms with van der Waals surface area (Å²) >= 11 is 0. The molecule has 0 aliphatic rings. The molecule has 0 unspecified atom stereocenters. The number of hydrogen-bond acceptors (Lipinski definition) is 4. The molecule has 4 nitrogen and oxygen atoms in total. The topological polar surface area (TPSA) is 60.2 Å². The molecule has 3 rings (SSSR count). The second-order valence-electron chi connectivity index (χ2n) is 5.42. The van der Waals surface area contributed by atoms with Gasteiger partial charge in [-0.05, 0) is 5.56 Å². The van der Waals surface area contributed by atoms with Gasteiger partial charge in [0, 0.05) is 11.6 Å². The molecule has 122 valence electrons. The molecule has 0 spiro atoms. The maximum atomic E-state index is 12.2. The molecule has 0 N–H and O–H groups in total. The Hall–Kier alpha value is -2.66. The molecule has 0 fully saturated rings. The zero-order chi connectivity index (χ0) is 16.8. The highest BCUT2D eigenvalue weighted by Crippen LogP contribution is 2.20. The maximum absolute atomic E-state index is 12.2. The fourth-order valence-electron chi connectivity index (χ4n) is 2.30. The fourth-order valence-corrected chi connectivity index (χ4v) is 3.39. The number of rotatable bonds is 6. The SMILES string of the molecule is O=S(=O)(CC=Cc1ccccc1)Cc1cc(-c2ccccc2)on1. The van der Waals surface area contributed by atoms with Crippen molar-refractivity contribution >= 4 is 15.9 Å². The molecule has 2 aromatic carbocycles. The third-order valence-corrected chi connectivity index (χ3v) is 4.88. The molecule has 3 aromatic rings. The van der Waals surface area contributed by atoms with Gasteiger partial charge in [-0.2, -0.15) is 0 Å². The van der Waals surface area contributed by atoms with Gasteiger partial charge in [0.25, 0.3) is 0 Å². The molecule has 5 heteroatoms. The Balaban J connectivity index is 1.65. The molecule has 0 amide bonds. The summed E-state index contributed by atoms with van der Waals surface area (Å²) in [5.41, 5.74) is 2.26. The summed E-state index contributed by atoms with van der Waals surface area (Å²) in [7, 11) is -3.28. The van der Waals surface area contributed by atoms with E-state index in [1.165, 1.54) is 0 Å². The highest BCUT2D eigenvalue weighted by atomic mass is 32.2. The minimum atomic E-state index is -3.28. The summed E-state index contributed by atoms with van der Waals surface area (Å²) in [6.45, 7) is 0. The van der Waals surface area contributed by atoms with Gasteiger partial charge in [0.1, 0.15) is 0 Å². The van der Waals surface area contributed by atoms with Gasteiger partial charge < -0.3 is 4.52 Å². The van der Waals surface area contributed by atoms with Gasteiger partial charge in [0.05, 0.1) is 17.2 Å². The van der Waals surface area contributed by atoms with E-state index in [4.69, 9.17) is 4.52 Å². The van der Waals surface area contributed by atoms with Gasteiger partial charge in [-0.1, -0.05) is 78.0 Å². The minimum Gasteiger partial charge on any atom is -0.356 e. The predicted octanol–water partition coefficient (Wildman–Crippen LogP) is 3.97. The molecule has 0 saturated carbocycles. The van der Waals surface area contributed by atoms with Crippen LogP contribution in [-0.2, 0) is 15.6 Å². The number of nitrogens with zero attached hydrogens (tertiary/aromatic N) is 1. The van der Waals surface area contributed by atoms with Gasteiger partial charge >= 0.3 is 0 Å². The van der Waals surface area contributed by atoms with Crippen LogP contribution in [0.2, 0.25) is 0 Å². The molecule has 1 aromatic heterocycles. The van der Waals surface area contributed by atoms with E-state index in [0.29, 0.717) is 11.5 Å². The molecular weight excluding hydrogens is 322 g/mol. The van der Waals surface area contributed by atoms with Gasteiger partial charge in [0.2, 0.25) is 0 Å². The lowest BCUT2D eigenvalue weighted by Crippen LogP contribution is -2.07. The lowest BCUT2D eigenvalue weighted by Gasteiger charge is -1.97. The lowest BCUT2D eigenvalue weighted by atomic mass is 10.2. The third-order valence-electron chi connectivity index (χ3n) is 3.45. The number of sulfone groups is 1. The fraction of sp³-hybridized carbons (Fsp3) is 0.105. The van der Waals surface area contributed by atoms with E-state index in [2.05, 4.69) is 5.16 Å². The van der Waals surface area contributed by atoms with Crippen molar-refractivity contribution in [1.82, 2.24) is 5.16 Å². The molecule has 0 saturated heterocycles. The van der Waals surface area contributed by atoms with Gasteiger partial charge in [-0.3, -0.25) is 0 Å². The molecule has 0 radical (unpaired) electrons. The van der Waals surface area contributed by atoms with Crippen LogP contribution < -0.4 is 0 Å². The van der Waals surface area contributed by atoms with E-state index in [-0.39, 0.29) is 11.5 Å². The normalized spacial score (nSPS) is 11.8. The first-order valence-corrected chi connectivity index (χ1v) is 9.37. The maximum Gasteiger partial charge on any atom is 0.167 e. The summed E-state index contributed by atoms with van der Waals surface area (Å²) in [4.78, 5) is 0. The van der Waals surface area contributed by atoms with Crippen molar-refractivity contribution in [2.75, 3.05) is 5.75 Å². The molecule has 1 heterocycles. The van der Waals surface area contributed by atoms with Gasteiger partial charge in [0.15, 0.2) is 15.6 Å². The standard InChI is InChI=1S/C19H17NO3S/c21-24(22,13-7-10-16-8-3-1-4-9-16)15-18-14-19(23-20-18)17-11-5-2-6-12-17/h1-12,14H,13,15H2. The molecular formula is C19H17NO3S. The smallest absolute Gasteiger partial charge is 0.167 e. The Labute approximate surface area is 141 Å². The Morgan fingerprint density at radius 1 is 0.958 bits per heavy atom. The monoisotopic (exact) mass is 339 g/mol. The Bertz CT molecular complexity index is 914. The van der Waals surface area contributed by atoms with Gasteiger partial charge in [-0.15, -0.1) is 0 Å². The predicted molar refractivity (Wildman–Crippen MR) is 94.9 cm³/mol. The summed E-state index contributed by atoms with van der Waals surface area (Å²) in [5.74, 6) is 0.401. The lowest BCUT2D eigenvalue weighted by molar-refractivity contribution is 0.426. The number of benzene rings is 2. The molecule has 0 aliphatic carbocycles. The van der Waals surface area contributed by atoms with Crippen LogP contribution in [-0.4, -0.2) is 19.3 Å². The number of hydrogen-bond donors (Lipinski definition) is 0. The van der Waals surface area contributed by atoms with E-state index in [9.17, 15) is 8.42 Å². The highest BCUT2D eigenvalue weighted by molar-refractivity contribution is 7.90. The summed E-state index contributed by atoms with van der Waals surface area (Å²) in [6.07, 6.45) is 3.46. The van der Waals surface area contributed by atoms with Crippen LogP contribution in [0.3, 0.4) is 0 Å². The van der Waals surface area contributed by atoms with E-state index >= 15 is 0 Å². The van der Waals surface area contributed by atoms with E-state index in [1.807, 2.05) is 60.7 Å². The van der Waals surface area contributed by atoms with Crippen molar-refractivity contribution in [3.63, 3.8) is 0 Å². The van der Waals surface area contributed by atoms with Crippen molar-refractivity contribution in [1.29, 1.82) is 0 Å². The Kier molecular flexibility index (Phi) is 4.91. The Morgan fingerprint density at radius 2 is 1.62 bits per heavy atom. The van der Waals surface area contributed by atoms with Crippen molar-refractivity contribution in [2.24, 2.45) is 0 Å². The van der Waals surface area contributed by atoms with Crippen LogP contribution in [0.25, 0.3) is 17.4 Å². The summed E-state index contributed by atoms with van der Waals surface area (Å²) in [6, 6.07) is 20.7. The molecule has 0 atom stereocenters. The first-order chi connectivity index (χ1) is 11.6. The average molecular weight is 339 g/mol. The highest BCUT2D eigenvalue weighted by Gasteiger charge is 2.14. The Morgan fingerprint density at radius 3 is 2.33 bits per heavy atom. The van der Waals surface area contributed by atoms with Crippen LogP contribution in [0.15, 0.2) is 77.3 Å². The van der Waals surface area contributed by atoms with Crippen LogP contribution in [0, 0.1) is 0 Å². The second-order valence-corrected chi connectivity index (χ2v) is 7.53. The second kappa shape index (κ2) is 7.27. The largest absolute Gasteiger partial charge is 0.356 e. The molecule has 0 aliphatic heterocycles. The van der Waals surface area contributed by atoms with Crippen LogP contribution in [0.1, 0.15) is 11.3 Å². The van der Waals surface area contributed by atoms with Crippen molar-refractivity contribution in [3.05, 3.63) is 84.1 Å². The minimum absolute atomic E-state index is 0.0323. The van der Waals surface area contributed by atoms with Gasteiger partial charge in [-0.25, -0.2) is 8.42 Å². The zero-order valence-corrected chi connectivity index (χ0v) is 13.8. The van der Waals surface area contributed by atoms with Crippen LogP contribution in [0.5, 0.6) is 0 Å². The van der Waals surface area contributed by atoms with E-state index < -0.39 is 9.84 Å². The van der Waals surface area contributed by atoms with Crippen LogP contribution in [0.4, 0.5) is 0 Å². The molecule has 24 heavy (non-hydrogen) atoms. The van der Waals surface area contributed by atoms with Crippen LogP contribution >= 0.6 is 0 Å². The van der Waals surface area contributed by atoms with E-state index in [1.54, 1.807) is 18.2 Å². The summed E-state index contributed by atoms with van der Waals surface area (Å²) in [5, 5.41) is 3.87. The molecule has 0 bridgehead atoms. The number of aromatic nitrogens is 1. The van der Waals surface area contributed by atoms with Crippen molar-refractivity contribution < 1.29 is 12.9 Å². The first kappa shape index (κ1) is 16.2. The first-order valence-electron chi connectivity index (χ1n) is 7.55. The van der Waals surface area contributed by atoms with Crippen molar-refractivity contribution in [2.45, 2.75) is 5.75 Å². The zero-order valence-electron chi connectivity index (χ0n) is 13.0. The third kappa shape index (κ3) is 4.43. The quantitative estimate of drug-likeness (QED) is 0.682. The average Bonchev–Trinajstić information content (AvgIpc) is 3.04. The van der Waals surface area contributed by atoms with E-state index in [0.717, 1.165) is 11.1 Å². The summed E-state index contributed by atoms with van der Waals surface area (Å²) < 4.78 is 29.6.